The van der Waals surface area contributed by atoms with Crippen LogP contribution in [0.4, 0.5) is 0 Å². The van der Waals surface area contributed by atoms with Crippen LogP contribution in [0.15, 0.2) is 29.8 Å². The van der Waals surface area contributed by atoms with Crippen molar-refractivity contribution in [2.24, 2.45) is 0 Å². The molecule has 112 valence electrons. The molecule has 4 nitrogen and oxygen atoms in total. The lowest BCUT2D eigenvalue weighted by Crippen LogP contribution is -2.01. The van der Waals surface area contributed by atoms with Crippen molar-refractivity contribution in [2.45, 2.75) is 13.8 Å². The first-order chi connectivity index (χ1) is 10.3. The quantitative estimate of drug-likeness (QED) is 0.668. The molecule has 1 N–H and O–H groups in total. The van der Waals surface area contributed by atoms with E-state index < -0.39 is 5.97 Å². The summed E-state index contributed by atoms with van der Waals surface area (Å²) >= 11 is 12.2. The van der Waals surface area contributed by atoms with Crippen LogP contribution in [0.5, 0.6) is 0 Å². The minimum atomic E-state index is -1.26. The summed E-state index contributed by atoms with van der Waals surface area (Å²) in [6, 6.07) is 8.60. The van der Waals surface area contributed by atoms with E-state index in [2.05, 4.69) is 0 Å². The van der Waals surface area contributed by atoms with Gasteiger partial charge in [0.05, 0.1) is 10.7 Å². The van der Waals surface area contributed by atoms with Gasteiger partial charge in [0, 0.05) is 16.4 Å². The molecule has 1 aromatic carbocycles. The van der Waals surface area contributed by atoms with Crippen molar-refractivity contribution in [3.05, 3.63) is 56.8 Å². The highest BCUT2D eigenvalue weighted by molar-refractivity contribution is 6.34. The van der Waals surface area contributed by atoms with Crippen LogP contribution < -0.4 is 0 Å². The van der Waals surface area contributed by atoms with E-state index >= 15 is 0 Å². The van der Waals surface area contributed by atoms with Gasteiger partial charge < -0.3 is 9.67 Å². The normalized spacial score (nSPS) is 11.3. The van der Waals surface area contributed by atoms with Crippen LogP contribution in [0.3, 0.4) is 0 Å². The molecule has 0 aliphatic carbocycles. The van der Waals surface area contributed by atoms with E-state index in [1.54, 1.807) is 30.3 Å². The van der Waals surface area contributed by atoms with E-state index in [1.807, 2.05) is 18.4 Å². The van der Waals surface area contributed by atoms with Gasteiger partial charge in [0.1, 0.15) is 11.6 Å². The van der Waals surface area contributed by atoms with Gasteiger partial charge in [-0.25, -0.2) is 4.79 Å². The smallest absolute Gasteiger partial charge is 0.346 e. The van der Waals surface area contributed by atoms with Crippen molar-refractivity contribution in [3.8, 4) is 11.8 Å². The summed E-state index contributed by atoms with van der Waals surface area (Å²) in [5, 5.41) is 18.9. The maximum atomic E-state index is 11.0. The van der Waals surface area contributed by atoms with Gasteiger partial charge in [-0.3, -0.25) is 0 Å². The number of carbonyl (C=O) groups is 1. The number of nitrogens with zero attached hydrogens (tertiary/aromatic N) is 2. The standard InChI is InChI=1S/C16H12Cl2N2O2/c1-9-5-11(6-12(8-19)16(21)22)10(2)20(9)15-7-13(17)3-4-14(15)18/h3-7H,1-2H3,(H,21,22)/b12-6+. The molecule has 0 atom stereocenters. The SMILES string of the molecule is Cc1cc(/C=C(\C#N)C(=O)O)c(C)n1-c1cc(Cl)ccc1Cl. The van der Waals surface area contributed by atoms with Crippen LogP contribution in [0.25, 0.3) is 11.8 Å². The summed E-state index contributed by atoms with van der Waals surface area (Å²) in [7, 11) is 0. The number of hydrogen-bond acceptors (Lipinski definition) is 2. The Balaban J connectivity index is 2.65. The third kappa shape index (κ3) is 3.01. The molecule has 1 aromatic heterocycles. The number of aromatic nitrogens is 1. The minimum absolute atomic E-state index is 0.322. The average Bonchev–Trinajstić information content (AvgIpc) is 2.73. The van der Waals surface area contributed by atoms with Gasteiger partial charge in [0.15, 0.2) is 0 Å². The predicted molar refractivity (Wildman–Crippen MR) is 86.5 cm³/mol. The monoisotopic (exact) mass is 334 g/mol. The molecular formula is C16H12Cl2N2O2. The van der Waals surface area contributed by atoms with Gasteiger partial charge in [0.2, 0.25) is 0 Å². The number of aliphatic carboxylic acids is 1. The first kappa shape index (κ1) is 16.2. The summed E-state index contributed by atoms with van der Waals surface area (Å²) in [5.41, 5.74) is 2.66. The lowest BCUT2D eigenvalue weighted by molar-refractivity contribution is -0.132. The van der Waals surface area contributed by atoms with Crippen LogP contribution in [0.1, 0.15) is 17.0 Å². The second-order valence-corrected chi connectivity index (χ2v) is 5.58. The van der Waals surface area contributed by atoms with Crippen molar-refractivity contribution in [1.82, 2.24) is 4.57 Å². The van der Waals surface area contributed by atoms with E-state index in [1.165, 1.54) is 6.08 Å². The molecule has 0 radical (unpaired) electrons. The topological polar surface area (TPSA) is 66.0 Å². The number of halogens is 2. The highest BCUT2D eigenvalue weighted by Gasteiger charge is 2.14. The molecule has 0 aliphatic heterocycles. The number of rotatable bonds is 3. The zero-order valence-electron chi connectivity index (χ0n) is 11.9. The fraction of sp³-hybridized carbons (Fsp3) is 0.125. The molecule has 0 saturated carbocycles. The van der Waals surface area contributed by atoms with Gasteiger partial charge in [-0.1, -0.05) is 23.2 Å². The molecular weight excluding hydrogens is 323 g/mol. The molecule has 0 amide bonds. The fourth-order valence-electron chi connectivity index (χ4n) is 2.26. The number of benzene rings is 1. The van der Waals surface area contributed by atoms with Gasteiger partial charge >= 0.3 is 5.97 Å². The number of hydrogen-bond donors (Lipinski definition) is 1. The van der Waals surface area contributed by atoms with Gasteiger partial charge in [-0.15, -0.1) is 0 Å². The van der Waals surface area contributed by atoms with Crippen molar-refractivity contribution in [3.63, 3.8) is 0 Å². The summed E-state index contributed by atoms with van der Waals surface area (Å²) in [5.74, 6) is -1.26. The second kappa shape index (κ2) is 6.27. The largest absolute Gasteiger partial charge is 0.477 e. The Morgan fingerprint density at radius 2 is 2.00 bits per heavy atom. The van der Waals surface area contributed by atoms with Gasteiger partial charge in [-0.2, -0.15) is 5.26 Å². The summed E-state index contributed by atoms with van der Waals surface area (Å²) in [6.45, 7) is 3.70. The lowest BCUT2D eigenvalue weighted by Gasteiger charge is -2.12. The van der Waals surface area contributed by atoms with Gasteiger partial charge in [-0.05, 0) is 49.8 Å². The van der Waals surface area contributed by atoms with Crippen molar-refractivity contribution < 1.29 is 9.90 Å². The lowest BCUT2D eigenvalue weighted by atomic mass is 10.1. The van der Waals surface area contributed by atoms with Crippen LogP contribution in [0, 0.1) is 25.2 Å². The molecule has 0 spiro atoms. The zero-order chi connectivity index (χ0) is 16.4. The van der Waals surface area contributed by atoms with Crippen molar-refractivity contribution in [2.75, 3.05) is 0 Å². The fourth-order valence-corrected chi connectivity index (χ4v) is 2.63. The summed E-state index contributed by atoms with van der Waals surface area (Å²) in [6.07, 6.45) is 1.35. The first-order valence-electron chi connectivity index (χ1n) is 6.34. The molecule has 0 bridgehead atoms. The first-order valence-corrected chi connectivity index (χ1v) is 7.10. The van der Waals surface area contributed by atoms with Crippen LogP contribution in [-0.4, -0.2) is 15.6 Å². The van der Waals surface area contributed by atoms with Crippen LogP contribution in [-0.2, 0) is 4.79 Å². The van der Waals surface area contributed by atoms with E-state index in [9.17, 15) is 4.79 Å². The summed E-state index contributed by atoms with van der Waals surface area (Å²) in [4.78, 5) is 11.0. The van der Waals surface area contributed by atoms with Crippen LogP contribution >= 0.6 is 23.2 Å². The third-order valence-electron chi connectivity index (χ3n) is 3.27. The molecule has 0 unspecified atom stereocenters. The Morgan fingerprint density at radius 1 is 1.32 bits per heavy atom. The Hall–Kier alpha value is -2.22. The van der Waals surface area contributed by atoms with E-state index in [0.29, 0.717) is 21.3 Å². The molecule has 0 aliphatic rings. The molecule has 1 heterocycles. The van der Waals surface area contributed by atoms with E-state index in [-0.39, 0.29) is 5.57 Å². The third-order valence-corrected chi connectivity index (χ3v) is 3.82. The maximum absolute atomic E-state index is 11.0. The van der Waals surface area contributed by atoms with Crippen molar-refractivity contribution >= 4 is 35.2 Å². The number of carboxylic acid groups (broad SMARTS) is 1. The minimum Gasteiger partial charge on any atom is -0.477 e. The Morgan fingerprint density at radius 3 is 2.59 bits per heavy atom. The highest BCUT2D eigenvalue weighted by atomic mass is 35.5. The number of nitriles is 1. The predicted octanol–water partition coefficient (Wildman–Crippen LogP) is 4.39. The second-order valence-electron chi connectivity index (χ2n) is 4.73. The highest BCUT2D eigenvalue weighted by Crippen LogP contribution is 2.29. The summed E-state index contributed by atoms with van der Waals surface area (Å²) < 4.78 is 1.87. The molecule has 0 saturated heterocycles. The zero-order valence-corrected chi connectivity index (χ0v) is 13.4. The average molecular weight is 335 g/mol. The van der Waals surface area contributed by atoms with Crippen LogP contribution in [0.2, 0.25) is 10.0 Å². The number of carboxylic acids is 1. The molecule has 2 aromatic rings. The molecule has 22 heavy (non-hydrogen) atoms. The number of aryl methyl sites for hydroxylation is 1. The maximum Gasteiger partial charge on any atom is 0.346 e. The van der Waals surface area contributed by atoms with Crippen molar-refractivity contribution in [1.29, 1.82) is 5.26 Å². The molecule has 6 heteroatoms. The Labute approximate surface area is 137 Å². The van der Waals surface area contributed by atoms with E-state index in [4.69, 9.17) is 33.6 Å². The molecule has 2 rings (SSSR count). The Kier molecular flexibility index (Phi) is 4.60. The van der Waals surface area contributed by atoms with E-state index in [0.717, 1.165) is 11.4 Å². The molecule has 0 fully saturated rings. The Bertz CT molecular complexity index is 829. The van der Waals surface area contributed by atoms with Gasteiger partial charge in [0.25, 0.3) is 0 Å².